The molecule has 0 radical (unpaired) electrons. The van der Waals surface area contributed by atoms with Crippen molar-refractivity contribution in [3.63, 3.8) is 0 Å². The minimum atomic E-state index is -0.226. The Bertz CT molecular complexity index is 932. The molecule has 0 aliphatic carbocycles. The smallest absolute Gasteiger partial charge is 0.261 e. The summed E-state index contributed by atoms with van der Waals surface area (Å²) in [5, 5.41) is 3.38. The molecule has 1 aliphatic heterocycles. The van der Waals surface area contributed by atoms with E-state index in [1.54, 1.807) is 24.3 Å². The average molecular weight is 342 g/mol. The lowest BCUT2D eigenvalue weighted by Crippen LogP contribution is -2.29. The van der Waals surface area contributed by atoms with Crippen LogP contribution >= 0.6 is 0 Å². The minimum Gasteiger partial charge on any atom is -0.381 e. The van der Waals surface area contributed by atoms with Crippen LogP contribution in [0.2, 0.25) is 0 Å². The van der Waals surface area contributed by atoms with Crippen molar-refractivity contribution >= 4 is 17.5 Å². The molecule has 4 rings (SSSR count). The first-order valence-corrected chi connectivity index (χ1v) is 8.55. The number of hydrogen-bond acceptors (Lipinski definition) is 3. The predicted molar refractivity (Wildman–Crippen MR) is 101 cm³/mol. The SMILES string of the molecule is O=C1c2ccccc2C(=O)N1Cc1ccccc1CNc1ccccc1. The summed E-state index contributed by atoms with van der Waals surface area (Å²) in [6.07, 6.45) is 0. The summed E-state index contributed by atoms with van der Waals surface area (Å²) < 4.78 is 0. The molecule has 4 nitrogen and oxygen atoms in total. The molecule has 26 heavy (non-hydrogen) atoms. The number of benzene rings is 3. The second-order valence-corrected chi connectivity index (χ2v) is 6.23. The Balaban J connectivity index is 1.54. The van der Waals surface area contributed by atoms with Crippen molar-refractivity contribution < 1.29 is 9.59 Å². The van der Waals surface area contributed by atoms with Crippen molar-refractivity contribution in [1.82, 2.24) is 4.90 Å². The highest BCUT2D eigenvalue weighted by Crippen LogP contribution is 2.25. The number of carbonyl (C=O) groups is 2. The number of amides is 2. The first-order chi connectivity index (χ1) is 12.7. The molecule has 128 valence electrons. The van der Waals surface area contributed by atoms with Gasteiger partial charge in [0.05, 0.1) is 17.7 Å². The molecule has 0 atom stereocenters. The lowest BCUT2D eigenvalue weighted by molar-refractivity contribution is 0.0642. The summed E-state index contributed by atoms with van der Waals surface area (Å²) in [5.74, 6) is -0.451. The second kappa shape index (κ2) is 6.84. The maximum Gasteiger partial charge on any atom is 0.261 e. The van der Waals surface area contributed by atoms with Crippen molar-refractivity contribution in [1.29, 1.82) is 0 Å². The van der Waals surface area contributed by atoms with Gasteiger partial charge in [0.2, 0.25) is 0 Å². The fourth-order valence-electron chi connectivity index (χ4n) is 3.19. The maximum atomic E-state index is 12.6. The maximum absolute atomic E-state index is 12.6. The third kappa shape index (κ3) is 2.97. The molecule has 1 N–H and O–H groups in total. The molecular formula is C22H18N2O2. The normalized spacial score (nSPS) is 13.0. The van der Waals surface area contributed by atoms with E-state index in [1.165, 1.54) is 4.90 Å². The fourth-order valence-corrected chi connectivity index (χ4v) is 3.19. The number of imide groups is 1. The number of rotatable bonds is 5. The number of para-hydroxylation sites is 1. The molecule has 1 aliphatic rings. The molecule has 1 heterocycles. The fraction of sp³-hybridized carbons (Fsp3) is 0.0909. The molecule has 0 saturated heterocycles. The zero-order valence-corrected chi connectivity index (χ0v) is 14.2. The van der Waals surface area contributed by atoms with Crippen molar-refractivity contribution in [2.75, 3.05) is 5.32 Å². The molecule has 0 aromatic heterocycles. The lowest BCUT2D eigenvalue weighted by Gasteiger charge is -2.17. The van der Waals surface area contributed by atoms with Crippen LogP contribution < -0.4 is 5.32 Å². The van der Waals surface area contributed by atoms with Crippen LogP contribution in [0.15, 0.2) is 78.9 Å². The average Bonchev–Trinajstić information content (AvgIpc) is 2.93. The molecule has 0 spiro atoms. The number of hydrogen-bond donors (Lipinski definition) is 1. The highest BCUT2D eigenvalue weighted by Gasteiger charge is 2.35. The van der Waals surface area contributed by atoms with Crippen molar-refractivity contribution in [3.8, 4) is 0 Å². The van der Waals surface area contributed by atoms with Crippen LogP contribution in [-0.2, 0) is 13.1 Å². The Labute approximate surface area is 152 Å². The van der Waals surface area contributed by atoms with Gasteiger partial charge in [-0.1, -0.05) is 54.6 Å². The third-order valence-corrected chi connectivity index (χ3v) is 4.58. The summed E-state index contributed by atoms with van der Waals surface area (Å²) in [7, 11) is 0. The van der Waals surface area contributed by atoms with Gasteiger partial charge >= 0.3 is 0 Å². The van der Waals surface area contributed by atoms with Gasteiger partial charge in [-0.2, -0.15) is 0 Å². The molecule has 0 saturated carbocycles. The number of carbonyl (C=O) groups excluding carboxylic acids is 2. The largest absolute Gasteiger partial charge is 0.381 e. The van der Waals surface area contributed by atoms with Gasteiger partial charge in [0, 0.05) is 12.2 Å². The van der Waals surface area contributed by atoms with Crippen LogP contribution in [0.4, 0.5) is 5.69 Å². The van der Waals surface area contributed by atoms with Gasteiger partial charge in [-0.05, 0) is 35.4 Å². The standard InChI is InChI=1S/C22H18N2O2/c25-21-19-12-6-7-13-20(19)22(26)24(21)15-17-9-5-4-8-16(17)14-23-18-10-2-1-3-11-18/h1-13,23H,14-15H2. The van der Waals surface area contributed by atoms with Crippen molar-refractivity contribution in [2.45, 2.75) is 13.1 Å². The molecular weight excluding hydrogens is 324 g/mol. The summed E-state index contributed by atoms with van der Waals surface area (Å²) >= 11 is 0. The van der Waals surface area contributed by atoms with E-state index in [-0.39, 0.29) is 18.4 Å². The number of anilines is 1. The first-order valence-electron chi connectivity index (χ1n) is 8.55. The third-order valence-electron chi connectivity index (χ3n) is 4.58. The molecule has 0 bridgehead atoms. The molecule has 3 aromatic rings. The number of fused-ring (bicyclic) bond motifs is 1. The van der Waals surface area contributed by atoms with Gasteiger partial charge in [0.15, 0.2) is 0 Å². The van der Waals surface area contributed by atoms with Gasteiger partial charge in [0.25, 0.3) is 11.8 Å². The first kappa shape index (κ1) is 16.1. The van der Waals surface area contributed by atoms with Gasteiger partial charge < -0.3 is 5.32 Å². The van der Waals surface area contributed by atoms with Gasteiger partial charge in [-0.25, -0.2) is 0 Å². The molecule has 3 aromatic carbocycles. The minimum absolute atomic E-state index is 0.226. The van der Waals surface area contributed by atoms with E-state index in [1.807, 2.05) is 54.6 Å². The zero-order chi connectivity index (χ0) is 17.9. The number of nitrogens with one attached hydrogen (secondary N) is 1. The Hall–Kier alpha value is -3.40. The van der Waals surface area contributed by atoms with E-state index >= 15 is 0 Å². The monoisotopic (exact) mass is 342 g/mol. The van der Waals surface area contributed by atoms with Crippen LogP contribution in [0.1, 0.15) is 31.8 Å². The van der Waals surface area contributed by atoms with Crippen molar-refractivity contribution in [3.05, 3.63) is 101 Å². The van der Waals surface area contributed by atoms with Gasteiger partial charge in [-0.15, -0.1) is 0 Å². The quantitative estimate of drug-likeness (QED) is 0.710. The van der Waals surface area contributed by atoms with Gasteiger partial charge in [0.1, 0.15) is 0 Å². The van der Waals surface area contributed by atoms with Crippen LogP contribution in [0.25, 0.3) is 0 Å². The van der Waals surface area contributed by atoms with Crippen molar-refractivity contribution in [2.24, 2.45) is 0 Å². The molecule has 4 heteroatoms. The van der Waals surface area contributed by atoms with E-state index in [9.17, 15) is 9.59 Å². The van der Waals surface area contributed by atoms with E-state index in [2.05, 4.69) is 5.32 Å². The van der Waals surface area contributed by atoms with Gasteiger partial charge in [-0.3, -0.25) is 14.5 Å². The van der Waals surface area contributed by atoms with E-state index < -0.39 is 0 Å². The highest BCUT2D eigenvalue weighted by molar-refractivity contribution is 6.21. The second-order valence-electron chi connectivity index (χ2n) is 6.23. The summed E-state index contributed by atoms with van der Waals surface area (Å²) in [4.78, 5) is 26.5. The molecule has 0 fully saturated rings. The highest BCUT2D eigenvalue weighted by atomic mass is 16.2. The molecule has 2 amide bonds. The summed E-state index contributed by atoms with van der Waals surface area (Å²) in [5.41, 5.74) is 4.02. The van der Waals surface area contributed by atoms with Crippen LogP contribution in [0, 0.1) is 0 Å². The Morgan fingerprint density at radius 2 is 1.19 bits per heavy atom. The summed E-state index contributed by atoms with van der Waals surface area (Å²) in [6.45, 7) is 0.905. The Morgan fingerprint density at radius 1 is 0.654 bits per heavy atom. The zero-order valence-electron chi connectivity index (χ0n) is 14.2. The van der Waals surface area contributed by atoms with Crippen LogP contribution in [0.3, 0.4) is 0 Å². The van der Waals surface area contributed by atoms with E-state index in [4.69, 9.17) is 0 Å². The van der Waals surface area contributed by atoms with E-state index in [0.717, 1.165) is 16.8 Å². The van der Waals surface area contributed by atoms with Crippen LogP contribution in [0.5, 0.6) is 0 Å². The molecule has 0 unspecified atom stereocenters. The summed E-state index contributed by atoms with van der Waals surface area (Å²) in [6, 6.07) is 24.8. The number of nitrogens with zero attached hydrogens (tertiary/aromatic N) is 1. The Kier molecular flexibility index (Phi) is 4.23. The predicted octanol–water partition coefficient (Wildman–Crippen LogP) is 4.09. The lowest BCUT2D eigenvalue weighted by atomic mass is 10.1. The van der Waals surface area contributed by atoms with Crippen LogP contribution in [-0.4, -0.2) is 16.7 Å². The Morgan fingerprint density at radius 3 is 1.85 bits per heavy atom. The topological polar surface area (TPSA) is 49.4 Å². The van der Waals surface area contributed by atoms with E-state index in [0.29, 0.717) is 17.7 Å².